The van der Waals surface area contributed by atoms with E-state index in [1.807, 2.05) is 41.3 Å². The smallest absolute Gasteiger partial charge is 0.230 e. The molecule has 1 aliphatic rings. The summed E-state index contributed by atoms with van der Waals surface area (Å²) in [5.74, 6) is 0.306. The van der Waals surface area contributed by atoms with E-state index in [2.05, 4.69) is 24.3 Å². The predicted octanol–water partition coefficient (Wildman–Crippen LogP) is 3.59. The molecule has 1 aliphatic heterocycles. The summed E-state index contributed by atoms with van der Waals surface area (Å²) >= 11 is 0. The molecule has 3 rings (SSSR count). The summed E-state index contributed by atoms with van der Waals surface area (Å²) in [6, 6.07) is 20.4. The zero-order valence-corrected chi connectivity index (χ0v) is 11.5. The van der Waals surface area contributed by atoms with E-state index in [0.29, 0.717) is 0 Å². The monoisotopic (exact) mass is 265 g/mol. The Hall–Kier alpha value is -2.09. The molecule has 102 valence electrons. The average molecular weight is 265 g/mol. The zero-order valence-electron chi connectivity index (χ0n) is 11.5. The van der Waals surface area contributed by atoms with E-state index in [9.17, 15) is 4.79 Å². The van der Waals surface area contributed by atoms with Gasteiger partial charge in [-0.3, -0.25) is 4.79 Å². The van der Waals surface area contributed by atoms with Gasteiger partial charge in [-0.05, 0) is 24.0 Å². The molecule has 2 heteroatoms. The molecule has 1 atom stereocenters. The van der Waals surface area contributed by atoms with E-state index in [1.54, 1.807) is 0 Å². The van der Waals surface area contributed by atoms with Crippen LogP contribution in [0.4, 0.5) is 0 Å². The Morgan fingerprint density at radius 2 is 1.60 bits per heavy atom. The highest BCUT2D eigenvalue weighted by molar-refractivity contribution is 5.84. The maximum absolute atomic E-state index is 12.7. The number of carbonyl (C=O) groups excluding carboxylic acids is 1. The van der Waals surface area contributed by atoms with Crippen molar-refractivity contribution in [3.05, 3.63) is 71.8 Å². The van der Waals surface area contributed by atoms with E-state index in [4.69, 9.17) is 0 Å². The fraction of sp³-hybridized carbons (Fsp3) is 0.278. The number of rotatable bonds is 3. The third-order valence-corrected chi connectivity index (χ3v) is 3.95. The largest absolute Gasteiger partial charge is 0.338 e. The number of piperidine rings is 1. The fourth-order valence-corrected chi connectivity index (χ4v) is 2.90. The van der Waals surface area contributed by atoms with E-state index in [1.165, 1.54) is 5.56 Å². The van der Waals surface area contributed by atoms with E-state index in [-0.39, 0.29) is 11.8 Å². The molecule has 1 saturated heterocycles. The lowest BCUT2D eigenvalue weighted by molar-refractivity contribution is -0.135. The van der Waals surface area contributed by atoms with Crippen LogP contribution in [0.2, 0.25) is 0 Å². The van der Waals surface area contributed by atoms with Crippen molar-refractivity contribution in [2.75, 3.05) is 6.54 Å². The summed E-state index contributed by atoms with van der Waals surface area (Å²) < 4.78 is 0. The van der Waals surface area contributed by atoms with Crippen LogP contribution in [0.3, 0.4) is 0 Å². The van der Waals surface area contributed by atoms with E-state index < -0.39 is 0 Å². The summed E-state index contributed by atoms with van der Waals surface area (Å²) in [5, 5.41) is 0. The first kappa shape index (κ1) is 12.9. The van der Waals surface area contributed by atoms with Crippen molar-refractivity contribution in [3.63, 3.8) is 0 Å². The molecular formula is C18H19NO. The van der Waals surface area contributed by atoms with Crippen LogP contribution in [0.1, 0.15) is 29.9 Å². The molecule has 0 saturated carbocycles. The first-order chi connectivity index (χ1) is 9.84. The minimum atomic E-state index is 0.0358. The van der Waals surface area contributed by atoms with Gasteiger partial charge in [0.05, 0.1) is 5.92 Å². The summed E-state index contributed by atoms with van der Waals surface area (Å²) in [6.45, 7) is 1.60. The topological polar surface area (TPSA) is 20.3 Å². The molecule has 0 bridgehead atoms. The van der Waals surface area contributed by atoms with Crippen molar-refractivity contribution in [1.82, 2.24) is 4.90 Å². The first-order valence-electron chi connectivity index (χ1n) is 7.22. The van der Waals surface area contributed by atoms with Gasteiger partial charge >= 0.3 is 0 Å². The minimum Gasteiger partial charge on any atom is -0.338 e. The summed E-state index contributed by atoms with van der Waals surface area (Å²) in [4.78, 5) is 14.7. The van der Waals surface area contributed by atoms with Crippen molar-refractivity contribution in [2.24, 2.45) is 0 Å². The Kier molecular flexibility index (Phi) is 3.82. The van der Waals surface area contributed by atoms with Crippen molar-refractivity contribution >= 4 is 5.91 Å². The molecule has 0 spiro atoms. The molecule has 0 radical (unpaired) electrons. The molecule has 2 aromatic rings. The minimum absolute atomic E-state index is 0.0358. The number of carbonyl (C=O) groups is 1. The summed E-state index contributed by atoms with van der Waals surface area (Å²) in [6.07, 6.45) is 2.05. The second-order valence-corrected chi connectivity index (χ2v) is 5.35. The highest BCUT2D eigenvalue weighted by Crippen LogP contribution is 2.28. The molecule has 20 heavy (non-hydrogen) atoms. The van der Waals surface area contributed by atoms with Crippen molar-refractivity contribution in [1.29, 1.82) is 0 Å². The Morgan fingerprint density at radius 1 is 0.950 bits per heavy atom. The predicted molar refractivity (Wildman–Crippen MR) is 80.3 cm³/mol. The average Bonchev–Trinajstić information content (AvgIpc) is 2.51. The molecule has 1 fully saturated rings. The highest BCUT2D eigenvalue weighted by atomic mass is 16.2. The van der Waals surface area contributed by atoms with Crippen LogP contribution < -0.4 is 0 Å². The highest BCUT2D eigenvalue weighted by Gasteiger charge is 2.29. The van der Waals surface area contributed by atoms with Crippen LogP contribution >= 0.6 is 0 Å². The van der Waals surface area contributed by atoms with Crippen molar-refractivity contribution in [2.45, 2.75) is 25.3 Å². The lowest BCUT2D eigenvalue weighted by Gasteiger charge is -2.32. The quantitative estimate of drug-likeness (QED) is 0.830. The first-order valence-corrected chi connectivity index (χ1v) is 7.22. The van der Waals surface area contributed by atoms with Gasteiger partial charge in [-0.15, -0.1) is 0 Å². The third kappa shape index (κ3) is 2.74. The maximum Gasteiger partial charge on any atom is 0.230 e. The van der Waals surface area contributed by atoms with Crippen LogP contribution in [-0.4, -0.2) is 17.4 Å². The van der Waals surface area contributed by atoms with Gasteiger partial charge in [-0.1, -0.05) is 60.7 Å². The second-order valence-electron chi connectivity index (χ2n) is 5.35. The Morgan fingerprint density at radius 3 is 2.30 bits per heavy atom. The SMILES string of the molecule is O=C1[C@@H](c2ccccc2)CCCN1Cc1ccccc1. The molecule has 0 unspecified atom stereocenters. The van der Waals surface area contributed by atoms with Gasteiger partial charge in [0.2, 0.25) is 5.91 Å². The van der Waals surface area contributed by atoms with Gasteiger partial charge in [-0.25, -0.2) is 0 Å². The third-order valence-electron chi connectivity index (χ3n) is 3.95. The van der Waals surface area contributed by atoms with Crippen LogP contribution in [0.5, 0.6) is 0 Å². The molecule has 0 aromatic heterocycles. The lowest BCUT2D eigenvalue weighted by Crippen LogP contribution is -2.39. The molecule has 0 N–H and O–H groups in total. The molecule has 1 heterocycles. The van der Waals surface area contributed by atoms with Gasteiger partial charge < -0.3 is 4.90 Å². The maximum atomic E-state index is 12.7. The summed E-state index contributed by atoms with van der Waals surface area (Å²) in [7, 11) is 0. The number of hydrogen-bond acceptors (Lipinski definition) is 1. The van der Waals surface area contributed by atoms with Gasteiger partial charge in [-0.2, -0.15) is 0 Å². The van der Waals surface area contributed by atoms with Crippen LogP contribution in [0, 0.1) is 0 Å². The molecule has 2 aromatic carbocycles. The Bertz CT molecular complexity index is 564. The number of hydrogen-bond donors (Lipinski definition) is 0. The van der Waals surface area contributed by atoms with Gasteiger partial charge in [0.15, 0.2) is 0 Å². The molecule has 0 aliphatic carbocycles. The standard InChI is InChI=1S/C18H19NO/c20-18-17(16-10-5-2-6-11-16)12-7-13-19(18)14-15-8-3-1-4-9-15/h1-6,8-11,17H,7,12-14H2/t17-/m1/s1. The lowest BCUT2D eigenvalue weighted by atomic mass is 9.89. The van der Waals surface area contributed by atoms with Gasteiger partial charge in [0.1, 0.15) is 0 Å². The Balaban J connectivity index is 1.76. The number of nitrogens with zero attached hydrogens (tertiary/aromatic N) is 1. The molecule has 2 nitrogen and oxygen atoms in total. The number of amides is 1. The molecular weight excluding hydrogens is 246 g/mol. The number of benzene rings is 2. The fourth-order valence-electron chi connectivity index (χ4n) is 2.90. The van der Waals surface area contributed by atoms with Crippen LogP contribution in [0.15, 0.2) is 60.7 Å². The van der Waals surface area contributed by atoms with Crippen molar-refractivity contribution < 1.29 is 4.79 Å². The zero-order chi connectivity index (χ0) is 13.8. The van der Waals surface area contributed by atoms with E-state index >= 15 is 0 Å². The van der Waals surface area contributed by atoms with Crippen molar-refractivity contribution in [3.8, 4) is 0 Å². The van der Waals surface area contributed by atoms with Gasteiger partial charge in [0.25, 0.3) is 0 Å². The Labute approximate surface area is 120 Å². The number of likely N-dealkylation sites (tertiary alicyclic amines) is 1. The van der Waals surface area contributed by atoms with Crippen LogP contribution in [-0.2, 0) is 11.3 Å². The second kappa shape index (κ2) is 5.91. The van der Waals surface area contributed by atoms with E-state index in [0.717, 1.165) is 31.5 Å². The summed E-state index contributed by atoms with van der Waals surface area (Å²) in [5.41, 5.74) is 2.35. The normalized spacial score (nSPS) is 19.1. The van der Waals surface area contributed by atoms with Gasteiger partial charge in [0, 0.05) is 13.1 Å². The van der Waals surface area contributed by atoms with Crippen LogP contribution in [0.25, 0.3) is 0 Å². The molecule has 1 amide bonds.